The third-order valence-electron chi connectivity index (χ3n) is 2.48. The van der Waals surface area contributed by atoms with Gasteiger partial charge in [-0.05, 0) is 6.42 Å². The van der Waals surface area contributed by atoms with Crippen LogP contribution in [0, 0.1) is 10.1 Å². The molecule has 1 atom stereocenters. The number of rotatable bonds is 5. The highest BCUT2D eigenvalue weighted by atomic mass is 16.6. The molecule has 0 aliphatic heterocycles. The molecule has 1 heterocycles. The van der Waals surface area contributed by atoms with E-state index in [1.54, 1.807) is 7.05 Å². The van der Waals surface area contributed by atoms with Gasteiger partial charge in [-0.2, -0.15) is 0 Å². The van der Waals surface area contributed by atoms with Crippen LogP contribution in [0.5, 0.6) is 0 Å². The van der Waals surface area contributed by atoms with Crippen molar-refractivity contribution in [2.45, 2.75) is 19.4 Å². The average molecular weight is 241 g/mol. The van der Waals surface area contributed by atoms with Crippen LogP contribution in [0.15, 0.2) is 12.3 Å². The first kappa shape index (κ1) is 13.2. The predicted molar refractivity (Wildman–Crippen MR) is 60.7 cm³/mol. The van der Waals surface area contributed by atoms with E-state index in [9.17, 15) is 14.9 Å². The van der Waals surface area contributed by atoms with E-state index in [0.717, 1.165) is 0 Å². The molecular weight excluding hydrogens is 226 g/mol. The molecule has 0 saturated heterocycles. The van der Waals surface area contributed by atoms with Crippen molar-refractivity contribution in [3.63, 3.8) is 0 Å². The number of aliphatic hydroxyl groups excluding tert-OH is 1. The molecule has 1 amide bonds. The van der Waals surface area contributed by atoms with E-state index in [4.69, 9.17) is 5.11 Å². The quantitative estimate of drug-likeness (QED) is 0.577. The molecule has 0 radical (unpaired) electrons. The Balaban J connectivity index is 2.85. The normalized spacial score (nSPS) is 12.2. The first-order chi connectivity index (χ1) is 7.99. The van der Waals surface area contributed by atoms with Crippen LogP contribution in [-0.2, 0) is 7.05 Å². The van der Waals surface area contributed by atoms with Gasteiger partial charge in [0.15, 0.2) is 0 Å². The monoisotopic (exact) mass is 241 g/mol. The number of nitrogens with one attached hydrogen (secondary N) is 1. The number of carbonyl (C=O) groups excluding carboxylic acids is 1. The van der Waals surface area contributed by atoms with Crippen molar-refractivity contribution in [2.75, 3.05) is 6.61 Å². The lowest BCUT2D eigenvalue weighted by Crippen LogP contribution is -2.37. The van der Waals surface area contributed by atoms with E-state index in [0.29, 0.717) is 6.42 Å². The number of nitro groups is 1. The Bertz CT molecular complexity index is 423. The number of carbonyl (C=O) groups is 1. The van der Waals surface area contributed by atoms with Gasteiger partial charge in [-0.1, -0.05) is 6.92 Å². The molecule has 0 fully saturated rings. The Kier molecular flexibility index (Phi) is 4.22. The van der Waals surface area contributed by atoms with E-state index >= 15 is 0 Å². The second-order valence-corrected chi connectivity index (χ2v) is 3.71. The predicted octanol–water partition coefficient (Wildman–Crippen LogP) is 0.434. The minimum absolute atomic E-state index is 0.130. The summed E-state index contributed by atoms with van der Waals surface area (Å²) in [6.07, 6.45) is 1.86. The standard InChI is InChI=1S/C10H15N3O4/c1-3-7(6-14)11-10(15)9-4-8(13(16)17)5-12(9)2/h4-5,7,14H,3,6H2,1-2H3,(H,11,15)/t7-/m0/s1. The zero-order valence-electron chi connectivity index (χ0n) is 9.71. The summed E-state index contributed by atoms with van der Waals surface area (Å²) in [5.74, 6) is -0.429. The fourth-order valence-electron chi connectivity index (χ4n) is 1.41. The molecule has 1 aromatic heterocycles. The van der Waals surface area contributed by atoms with Crippen molar-refractivity contribution in [1.82, 2.24) is 9.88 Å². The van der Waals surface area contributed by atoms with Crippen LogP contribution >= 0.6 is 0 Å². The molecule has 0 aromatic carbocycles. The van der Waals surface area contributed by atoms with E-state index < -0.39 is 10.8 Å². The minimum atomic E-state index is -0.555. The van der Waals surface area contributed by atoms with Gasteiger partial charge in [-0.25, -0.2) is 0 Å². The van der Waals surface area contributed by atoms with Crippen LogP contribution in [0.25, 0.3) is 0 Å². The number of aryl methyl sites for hydroxylation is 1. The van der Waals surface area contributed by atoms with E-state index in [1.165, 1.54) is 16.8 Å². The van der Waals surface area contributed by atoms with E-state index in [1.807, 2.05) is 6.92 Å². The van der Waals surface area contributed by atoms with Gasteiger partial charge in [0.05, 0.1) is 23.8 Å². The second-order valence-electron chi connectivity index (χ2n) is 3.71. The Hall–Kier alpha value is -1.89. The van der Waals surface area contributed by atoms with Crippen LogP contribution in [-0.4, -0.2) is 33.2 Å². The van der Waals surface area contributed by atoms with Crippen LogP contribution < -0.4 is 5.32 Å². The zero-order valence-corrected chi connectivity index (χ0v) is 9.71. The maximum absolute atomic E-state index is 11.8. The summed E-state index contributed by atoms with van der Waals surface area (Å²) in [4.78, 5) is 21.8. The summed E-state index contributed by atoms with van der Waals surface area (Å²) < 4.78 is 1.39. The Labute approximate surface area is 98.2 Å². The van der Waals surface area contributed by atoms with Gasteiger partial charge in [0.1, 0.15) is 5.69 Å². The van der Waals surface area contributed by atoms with Gasteiger partial charge < -0.3 is 15.0 Å². The lowest BCUT2D eigenvalue weighted by Gasteiger charge is -2.13. The summed E-state index contributed by atoms with van der Waals surface area (Å²) in [5.41, 5.74) is 0.0679. The molecule has 1 rings (SSSR count). The van der Waals surface area contributed by atoms with Gasteiger partial charge in [-0.15, -0.1) is 0 Å². The van der Waals surface area contributed by atoms with Gasteiger partial charge >= 0.3 is 0 Å². The number of hydrogen-bond acceptors (Lipinski definition) is 4. The molecule has 0 aliphatic carbocycles. The second kappa shape index (κ2) is 5.44. The average Bonchev–Trinajstić information content (AvgIpc) is 2.68. The fraction of sp³-hybridized carbons (Fsp3) is 0.500. The third-order valence-corrected chi connectivity index (χ3v) is 2.48. The van der Waals surface area contributed by atoms with Crippen molar-refractivity contribution in [3.8, 4) is 0 Å². The van der Waals surface area contributed by atoms with Crippen molar-refractivity contribution in [1.29, 1.82) is 0 Å². The number of aliphatic hydroxyl groups is 1. The van der Waals surface area contributed by atoms with Crippen LogP contribution in [0.4, 0.5) is 5.69 Å². The molecule has 7 nitrogen and oxygen atoms in total. The van der Waals surface area contributed by atoms with Crippen molar-refractivity contribution >= 4 is 11.6 Å². The van der Waals surface area contributed by atoms with Gasteiger partial charge in [0.25, 0.3) is 11.6 Å². The smallest absolute Gasteiger partial charge is 0.287 e. The first-order valence-electron chi connectivity index (χ1n) is 5.22. The molecule has 0 saturated carbocycles. The Morgan fingerprint density at radius 3 is 2.76 bits per heavy atom. The number of amides is 1. The maximum Gasteiger partial charge on any atom is 0.287 e. The summed E-state index contributed by atoms with van der Waals surface area (Å²) in [7, 11) is 1.56. The molecule has 0 bridgehead atoms. The molecule has 1 aromatic rings. The highest BCUT2D eigenvalue weighted by molar-refractivity contribution is 5.93. The molecule has 7 heteroatoms. The van der Waals surface area contributed by atoms with Crippen LogP contribution in [0.1, 0.15) is 23.8 Å². The van der Waals surface area contributed by atoms with Gasteiger partial charge in [0.2, 0.25) is 0 Å². The largest absolute Gasteiger partial charge is 0.394 e. The summed E-state index contributed by atoms with van der Waals surface area (Å²) in [6.45, 7) is 1.67. The van der Waals surface area contributed by atoms with Crippen molar-refractivity contribution < 1.29 is 14.8 Å². The maximum atomic E-state index is 11.8. The summed E-state index contributed by atoms with van der Waals surface area (Å²) >= 11 is 0. The lowest BCUT2D eigenvalue weighted by molar-refractivity contribution is -0.384. The molecule has 0 spiro atoms. The summed E-state index contributed by atoms with van der Waals surface area (Å²) in [5, 5.41) is 22.1. The number of nitrogens with zero attached hydrogens (tertiary/aromatic N) is 2. The fourth-order valence-corrected chi connectivity index (χ4v) is 1.41. The minimum Gasteiger partial charge on any atom is -0.394 e. The third kappa shape index (κ3) is 3.04. The van der Waals surface area contributed by atoms with Gasteiger partial charge in [0, 0.05) is 13.1 Å². The van der Waals surface area contributed by atoms with Crippen molar-refractivity contribution in [2.24, 2.45) is 7.05 Å². The van der Waals surface area contributed by atoms with E-state index in [2.05, 4.69) is 5.32 Å². The SMILES string of the molecule is CC[C@@H](CO)NC(=O)c1cc([N+](=O)[O-])cn1C. The van der Waals surface area contributed by atoms with Crippen LogP contribution in [0.3, 0.4) is 0 Å². The number of hydrogen-bond donors (Lipinski definition) is 2. The van der Waals surface area contributed by atoms with Crippen LogP contribution in [0.2, 0.25) is 0 Å². The zero-order chi connectivity index (χ0) is 13.0. The molecular formula is C10H15N3O4. The highest BCUT2D eigenvalue weighted by Crippen LogP contribution is 2.15. The molecule has 94 valence electrons. The van der Waals surface area contributed by atoms with Gasteiger partial charge in [-0.3, -0.25) is 14.9 Å². The highest BCUT2D eigenvalue weighted by Gasteiger charge is 2.19. The summed E-state index contributed by atoms with van der Waals surface area (Å²) in [6, 6.07) is 0.871. The Morgan fingerprint density at radius 1 is 1.71 bits per heavy atom. The van der Waals surface area contributed by atoms with Crippen molar-refractivity contribution in [3.05, 3.63) is 28.1 Å². The molecule has 0 aliphatic rings. The molecule has 0 unspecified atom stereocenters. The number of aromatic nitrogens is 1. The topological polar surface area (TPSA) is 97.4 Å². The Morgan fingerprint density at radius 2 is 2.35 bits per heavy atom. The lowest BCUT2D eigenvalue weighted by atomic mass is 10.2. The molecule has 2 N–H and O–H groups in total. The van der Waals surface area contributed by atoms with E-state index in [-0.39, 0.29) is 24.0 Å². The first-order valence-corrected chi connectivity index (χ1v) is 5.22. The molecule has 17 heavy (non-hydrogen) atoms.